The molecule has 2 aliphatic carbocycles. The number of carbonyl (C=O) groups is 1. The molecule has 0 radical (unpaired) electrons. The number of aromatic nitrogens is 2. The normalized spacial score (nSPS) is 34.9. The van der Waals surface area contributed by atoms with Gasteiger partial charge in [-0.1, -0.05) is 6.92 Å². The van der Waals surface area contributed by atoms with Crippen LogP contribution in [0.3, 0.4) is 0 Å². The fourth-order valence-corrected chi connectivity index (χ4v) is 6.03. The molecule has 6 heteroatoms. The van der Waals surface area contributed by atoms with Gasteiger partial charge in [0.15, 0.2) is 0 Å². The average molecular weight is 333 g/mol. The van der Waals surface area contributed by atoms with Gasteiger partial charge in [0.1, 0.15) is 5.03 Å². The summed E-state index contributed by atoms with van der Waals surface area (Å²) in [4.78, 5) is 33.4. The van der Waals surface area contributed by atoms with Crippen LogP contribution < -0.4 is 5.69 Å². The second kappa shape index (κ2) is 5.10. The molecule has 3 fully saturated rings. The molecule has 3 aliphatic rings. The van der Waals surface area contributed by atoms with Crippen LogP contribution in [0.2, 0.25) is 0 Å². The highest BCUT2D eigenvalue weighted by molar-refractivity contribution is 7.98. The van der Waals surface area contributed by atoms with E-state index in [-0.39, 0.29) is 11.6 Å². The molecule has 2 saturated carbocycles. The predicted molar refractivity (Wildman–Crippen MR) is 89.7 cm³/mol. The van der Waals surface area contributed by atoms with E-state index in [1.807, 2.05) is 11.2 Å². The molecule has 124 valence electrons. The molecule has 4 atom stereocenters. The Morgan fingerprint density at radius 2 is 2.22 bits per heavy atom. The fraction of sp³-hybridized carbons (Fsp3) is 0.706. The zero-order valence-corrected chi connectivity index (χ0v) is 14.7. The van der Waals surface area contributed by atoms with Gasteiger partial charge in [0, 0.05) is 18.8 Å². The molecule has 0 spiro atoms. The summed E-state index contributed by atoms with van der Waals surface area (Å²) >= 11 is 1.37. The molecule has 1 saturated heterocycles. The molecule has 2 heterocycles. The van der Waals surface area contributed by atoms with Crippen molar-refractivity contribution in [3.8, 4) is 0 Å². The number of fused-ring (bicyclic) bond motifs is 5. The summed E-state index contributed by atoms with van der Waals surface area (Å²) in [6.45, 7) is 5.88. The van der Waals surface area contributed by atoms with Crippen molar-refractivity contribution in [2.24, 2.45) is 23.2 Å². The van der Waals surface area contributed by atoms with Crippen LogP contribution >= 0.6 is 11.8 Å². The third-order valence-electron chi connectivity index (χ3n) is 6.55. The van der Waals surface area contributed by atoms with E-state index in [1.165, 1.54) is 31.0 Å². The van der Waals surface area contributed by atoms with Crippen molar-refractivity contribution in [3.05, 3.63) is 21.7 Å². The van der Waals surface area contributed by atoms with E-state index in [4.69, 9.17) is 0 Å². The van der Waals surface area contributed by atoms with Crippen molar-refractivity contribution in [1.82, 2.24) is 14.9 Å². The Bertz CT molecular complexity index is 731. The Hall–Kier alpha value is -1.30. The minimum Gasteiger partial charge on any atom is -0.338 e. The molecule has 2 bridgehead atoms. The Morgan fingerprint density at radius 3 is 2.91 bits per heavy atom. The number of carbonyl (C=O) groups excluding carboxylic acids is 1. The van der Waals surface area contributed by atoms with Gasteiger partial charge in [0.25, 0.3) is 5.91 Å². The van der Waals surface area contributed by atoms with Gasteiger partial charge >= 0.3 is 5.69 Å². The number of nitrogens with one attached hydrogen (secondary N) is 1. The lowest BCUT2D eigenvalue weighted by Gasteiger charge is -2.34. The van der Waals surface area contributed by atoms with Crippen LogP contribution in [0, 0.1) is 30.1 Å². The largest absolute Gasteiger partial charge is 0.346 e. The lowest BCUT2D eigenvalue weighted by molar-refractivity contribution is 0.0754. The highest BCUT2D eigenvalue weighted by atomic mass is 32.2. The highest BCUT2D eigenvalue weighted by Gasteiger charge is 2.59. The quantitative estimate of drug-likeness (QED) is 0.666. The summed E-state index contributed by atoms with van der Waals surface area (Å²) < 4.78 is 0. The Balaban J connectivity index is 1.66. The smallest absolute Gasteiger partial charge is 0.338 e. The molecule has 1 aromatic rings. The molecule has 23 heavy (non-hydrogen) atoms. The maximum atomic E-state index is 13.1. The summed E-state index contributed by atoms with van der Waals surface area (Å²) in [7, 11) is 0. The lowest BCUT2D eigenvalue weighted by atomic mass is 9.70. The number of nitrogens with zero attached hydrogens (tertiary/aromatic N) is 2. The lowest BCUT2D eigenvalue weighted by Crippen LogP contribution is -2.35. The van der Waals surface area contributed by atoms with Crippen molar-refractivity contribution in [3.63, 3.8) is 0 Å². The minimum absolute atomic E-state index is 0.0330. The molecule has 5 nitrogen and oxygen atoms in total. The summed E-state index contributed by atoms with van der Waals surface area (Å²) in [6, 6.07) is 0. The molecule has 1 amide bonds. The molecular formula is C17H23N3O2S. The first-order valence-corrected chi connectivity index (χ1v) is 9.60. The second-order valence-electron chi connectivity index (χ2n) is 7.62. The second-order valence-corrected chi connectivity index (χ2v) is 8.41. The Labute approximate surface area is 140 Å². The van der Waals surface area contributed by atoms with Crippen LogP contribution in [0.15, 0.2) is 9.82 Å². The number of hydrogen-bond acceptors (Lipinski definition) is 4. The standard InChI is InChI=1S/C17H23N3O2S/c1-9-13(14(23-3)19-16(22)18-9)15(21)20-7-12-10-4-5-11(6-10)17(12,2)8-20/h10-12H,4-8H2,1-3H3,(H,18,19,22)/t10-,11+,12?,17?/m1/s1. The van der Waals surface area contributed by atoms with Crippen LogP contribution in [0.25, 0.3) is 0 Å². The maximum absolute atomic E-state index is 13.1. The summed E-state index contributed by atoms with van der Waals surface area (Å²) in [6.07, 6.45) is 5.88. The Kier molecular flexibility index (Phi) is 3.38. The fourth-order valence-electron chi connectivity index (χ4n) is 5.41. The number of likely N-dealkylation sites (tertiary alicyclic amines) is 1. The van der Waals surface area contributed by atoms with Crippen LogP contribution in [0.1, 0.15) is 42.2 Å². The van der Waals surface area contributed by atoms with Crippen LogP contribution in [0.5, 0.6) is 0 Å². The molecular weight excluding hydrogens is 310 g/mol. The number of amides is 1. The number of aryl methyl sites for hydroxylation is 1. The van der Waals surface area contributed by atoms with Gasteiger partial charge < -0.3 is 9.88 Å². The number of aromatic amines is 1. The van der Waals surface area contributed by atoms with E-state index in [0.29, 0.717) is 27.6 Å². The van der Waals surface area contributed by atoms with Gasteiger partial charge in [-0.2, -0.15) is 4.98 Å². The molecule has 4 rings (SSSR count). The van der Waals surface area contributed by atoms with Gasteiger partial charge in [-0.05, 0) is 55.6 Å². The van der Waals surface area contributed by atoms with Gasteiger partial charge in [0.05, 0.1) is 5.56 Å². The SMILES string of the molecule is CSc1nc(=O)[nH]c(C)c1C(=O)N1CC2[C@@H]3CC[C@@H](C3)C2(C)C1. The molecule has 1 aromatic heterocycles. The first-order valence-electron chi connectivity index (χ1n) is 8.38. The van der Waals surface area contributed by atoms with E-state index in [0.717, 1.165) is 24.9 Å². The van der Waals surface area contributed by atoms with Gasteiger partial charge in [-0.25, -0.2) is 4.79 Å². The molecule has 1 N–H and O–H groups in total. The van der Waals surface area contributed by atoms with Crippen LogP contribution in [0.4, 0.5) is 0 Å². The number of hydrogen-bond donors (Lipinski definition) is 1. The van der Waals surface area contributed by atoms with Crippen LogP contribution in [-0.2, 0) is 0 Å². The third kappa shape index (κ3) is 2.10. The van der Waals surface area contributed by atoms with Crippen LogP contribution in [-0.4, -0.2) is 40.1 Å². The van der Waals surface area contributed by atoms with E-state index < -0.39 is 0 Å². The molecule has 0 aromatic carbocycles. The number of H-pyrrole nitrogens is 1. The average Bonchev–Trinajstić information content (AvgIpc) is 3.16. The van der Waals surface area contributed by atoms with E-state index in [9.17, 15) is 9.59 Å². The van der Waals surface area contributed by atoms with E-state index >= 15 is 0 Å². The topological polar surface area (TPSA) is 66.1 Å². The van der Waals surface area contributed by atoms with Gasteiger partial charge in [-0.3, -0.25) is 4.79 Å². The Morgan fingerprint density at radius 1 is 1.43 bits per heavy atom. The summed E-state index contributed by atoms with van der Waals surface area (Å²) in [5, 5.41) is 0.543. The maximum Gasteiger partial charge on any atom is 0.346 e. The first-order chi connectivity index (χ1) is 10.9. The summed E-state index contributed by atoms with van der Waals surface area (Å²) in [5.74, 6) is 2.27. The third-order valence-corrected chi connectivity index (χ3v) is 7.23. The van der Waals surface area contributed by atoms with Crippen molar-refractivity contribution in [2.75, 3.05) is 19.3 Å². The number of thioether (sulfide) groups is 1. The van der Waals surface area contributed by atoms with E-state index in [2.05, 4.69) is 16.9 Å². The van der Waals surface area contributed by atoms with Crippen molar-refractivity contribution in [1.29, 1.82) is 0 Å². The zero-order valence-electron chi connectivity index (χ0n) is 13.9. The molecule has 1 aliphatic heterocycles. The predicted octanol–water partition coefficient (Wildman–Crippen LogP) is 2.31. The van der Waals surface area contributed by atoms with Gasteiger partial charge in [-0.15, -0.1) is 11.8 Å². The highest BCUT2D eigenvalue weighted by Crippen LogP contribution is 2.62. The monoisotopic (exact) mass is 333 g/mol. The summed E-state index contributed by atoms with van der Waals surface area (Å²) in [5.41, 5.74) is 1.12. The van der Waals surface area contributed by atoms with Gasteiger partial charge in [0.2, 0.25) is 0 Å². The zero-order chi connectivity index (χ0) is 16.4. The van der Waals surface area contributed by atoms with E-state index in [1.54, 1.807) is 6.92 Å². The minimum atomic E-state index is -0.383. The van der Waals surface area contributed by atoms with Crippen molar-refractivity contribution < 1.29 is 4.79 Å². The first kappa shape index (κ1) is 15.2. The molecule has 2 unspecified atom stereocenters. The number of rotatable bonds is 2. The van der Waals surface area contributed by atoms with Crippen molar-refractivity contribution in [2.45, 2.75) is 38.1 Å². The van der Waals surface area contributed by atoms with Crippen molar-refractivity contribution >= 4 is 17.7 Å².